The van der Waals surface area contributed by atoms with Crippen LogP contribution in [0.5, 0.6) is 11.8 Å². The van der Waals surface area contributed by atoms with Crippen LogP contribution in [0.4, 0.5) is 8.78 Å². The number of methoxy groups -OCH3 is 1. The van der Waals surface area contributed by atoms with E-state index in [0.717, 1.165) is 6.04 Å². The van der Waals surface area contributed by atoms with Gasteiger partial charge in [0.15, 0.2) is 0 Å². The highest BCUT2D eigenvalue weighted by Crippen LogP contribution is 2.47. The summed E-state index contributed by atoms with van der Waals surface area (Å²) in [5.74, 6) is -0.225. The lowest BCUT2D eigenvalue weighted by molar-refractivity contribution is -0.149. The predicted molar refractivity (Wildman–Crippen MR) is 157 cm³/mol. The van der Waals surface area contributed by atoms with Crippen molar-refractivity contribution in [2.45, 2.75) is 58.6 Å². The Morgan fingerprint density at radius 1 is 1.16 bits per heavy atom. The summed E-state index contributed by atoms with van der Waals surface area (Å²) in [4.78, 5) is 20.4. The first-order chi connectivity index (χ1) is 20.6. The fourth-order valence-corrected chi connectivity index (χ4v) is 5.75. The van der Waals surface area contributed by atoms with Crippen LogP contribution in [-0.2, 0) is 32.3 Å². The first-order valence-electron chi connectivity index (χ1n) is 13.9. The second-order valence-corrected chi connectivity index (χ2v) is 17.0. The van der Waals surface area contributed by atoms with E-state index in [9.17, 15) is 13.6 Å². The van der Waals surface area contributed by atoms with Crippen LogP contribution in [0.25, 0.3) is 33.4 Å². The molecule has 0 unspecified atom stereocenters. The van der Waals surface area contributed by atoms with Crippen molar-refractivity contribution in [3.63, 3.8) is 0 Å². The van der Waals surface area contributed by atoms with Gasteiger partial charge in [-0.2, -0.15) is 13.9 Å². The Kier molecular flexibility index (Phi) is 9.08. The van der Waals surface area contributed by atoms with Gasteiger partial charge < -0.3 is 28.3 Å². The van der Waals surface area contributed by atoms with Gasteiger partial charge in [-0.25, -0.2) is 19.4 Å². The Morgan fingerprint density at radius 2 is 1.93 bits per heavy atom. The van der Waals surface area contributed by atoms with Crippen molar-refractivity contribution in [2.75, 3.05) is 26.9 Å². The van der Waals surface area contributed by atoms with Crippen molar-refractivity contribution in [1.82, 2.24) is 24.3 Å². The number of halogens is 2. The van der Waals surface area contributed by atoms with Gasteiger partial charge in [-0.15, -0.1) is 0 Å². The maximum atomic E-state index is 13.5. The summed E-state index contributed by atoms with van der Waals surface area (Å²) >= 11 is 0. The first kappa shape index (κ1) is 30.6. The summed E-state index contributed by atoms with van der Waals surface area (Å²) in [6.07, 6.45) is 2.65. The van der Waals surface area contributed by atoms with Gasteiger partial charge in [0.05, 0.1) is 30.6 Å². The lowest BCUT2D eigenvalue weighted by Gasteiger charge is -2.25. The molecule has 0 bridgehead atoms. The molecule has 0 spiro atoms. The molecule has 4 aromatic heterocycles. The van der Waals surface area contributed by atoms with Crippen molar-refractivity contribution in [3.05, 3.63) is 42.4 Å². The lowest BCUT2D eigenvalue weighted by atomic mass is 9.99. The number of carbonyl (C=O) groups excluding carboxylic acids is 1. The Bertz CT molecular complexity index is 1600. The van der Waals surface area contributed by atoms with E-state index in [-0.39, 0.29) is 25.8 Å². The number of rotatable bonds is 12. The molecule has 43 heavy (non-hydrogen) atoms. The number of hydrogen-bond donors (Lipinski definition) is 0. The highest BCUT2D eigenvalue weighted by atomic mass is 28.3. The van der Waals surface area contributed by atoms with Crippen molar-refractivity contribution in [1.29, 1.82) is 0 Å². The maximum absolute atomic E-state index is 13.5. The summed E-state index contributed by atoms with van der Waals surface area (Å²) in [7, 11) is -0.0616. The number of ether oxygens (including phenoxy) is 5. The third kappa shape index (κ3) is 6.70. The summed E-state index contributed by atoms with van der Waals surface area (Å²) in [5, 5.41) is 5.43. The third-order valence-electron chi connectivity index (χ3n) is 7.04. The van der Waals surface area contributed by atoms with E-state index < -0.39 is 26.8 Å². The standard InChI is InChI=1S/C29H35F2N5O6Si/c1-18-23(28-36(34-18)14-19(15-41-28)40-16-22(37)38-2)25-24(21-9-7-11-33-27(21)42-29(30)31)20-8-6-10-32-26(20)35(25)17-39-12-13-43(3,4)5/h6-11,19,29H,12-17H2,1-5H3/t19-/m0/s1. The van der Waals surface area contributed by atoms with Crippen LogP contribution in [0.1, 0.15) is 5.69 Å². The molecule has 0 radical (unpaired) electrons. The number of hydrogen-bond acceptors (Lipinski definition) is 9. The third-order valence-corrected chi connectivity index (χ3v) is 8.75. The molecule has 0 N–H and O–H groups in total. The minimum Gasteiger partial charge on any atom is -0.475 e. The van der Waals surface area contributed by atoms with E-state index >= 15 is 0 Å². The first-order valence-corrected chi connectivity index (χ1v) is 17.6. The second kappa shape index (κ2) is 12.8. The largest absolute Gasteiger partial charge is 0.475 e. The van der Waals surface area contributed by atoms with Gasteiger partial charge in [0, 0.05) is 43.6 Å². The lowest BCUT2D eigenvalue weighted by Crippen LogP contribution is -2.34. The van der Waals surface area contributed by atoms with Crippen LogP contribution >= 0.6 is 0 Å². The van der Waals surface area contributed by atoms with Gasteiger partial charge in [0.2, 0.25) is 11.8 Å². The summed E-state index contributed by atoms with van der Waals surface area (Å²) < 4.78 is 58.2. The van der Waals surface area contributed by atoms with Gasteiger partial charge >= 0.3 is 12.6 Å². The topological polar surface area (TPSA) is 112 Å². The van der Waals surface area contributed by atoms with Crippen molar-refractivity contribution < 1.29 is 37.3 Å². The highest BCUT2D eigenvalue weighted by Gasteiger charge is 2.33. The Hall–Kier alpha value is -3.88. The smallest absolute Gasteiger partial charge is 0.388 e. The zero-order chi connectivity index (χ0) is 30.7. The zero-order valence-corrected chi connectivity index (χ0v) is 25.8. The molecule has 0 saturated carbocycles. The molecule has 1 aliphatic heterocycles. The Morgan fingerprint density at radius 3 is 2.67 bits per heavy atom. The molecule has 0 aromatic carbocycles. The quantitative estimate of drug-likeness (QED) is 0.122. The van der Waals surface area contributed by atoms with E-state index in [1.807, 2.05) is 17.6 Å². The van der Waals surface area contributed by atoms with Gasteiger partial charge in [-0.05, 0) is 37.2 Å². The van der Waals surface area contributed by atoms with Crippen LogP contribution in [0.2, 0.25) is 25.7 Å². The number of aryl methyl sites for hydroxylation is 1. The second-order valence-electron chi connectivity index (χ2n) is 11.4. The Labute approximate surface area is 248 Å². The minimum absolute atomic E-state index is 0.160. The fraction of sp³-hybridized carbons (Fsp3) is 0.448. The van der Waals surface area contributed by atoms with E-state index in [1.54, 1.807) is 29.1 Å². The predicted octanol–water partition coefficient (Wildman–Crippen LogP) is 5.13. The average Bonchev–Trinajstić information content (AvgIpc) is 3.46. The highest BCUT2D eigenvalue weighted by molar-refractivity contribution is 6.76. The van der Waals surface area contributed by atoms with E-state index in [1.165, 1.54) is 13.3 Å². The van der Waals surface area contributed by atoms with Gasteiger partial charge in [-0.3, -0.25) is 0 Å². The molecule has 14 heteroatoms. The summed E-state index contributed by atoms with van der Waals surface area (Å²) in [6, 6.07) is 7.99. The monoisotopic (exact) mass is 615 g/mol. The van der Waals surface area contributed by atoms with E-state index in [4.69, 9.17) is 24.0 Å². The molecule has 230 valence electrons. The molecule has 0 amide bonds. The number of fused-ring (bicyclic) bond motifs is 2. The van der Waals surface area contributed by atoms with Crippen LogP contribution in [0.3, 0.4) is 0 Å². The summed E-state index contributed by atoms with van der Waals surface area (Å²) in [5.41, 5.74) is 3.47. The zero-order valence-electron chi connectivity index (χ0n) is 24.8. The van der Waals surface area contributed by atoms with Gasteiger partial charge in [0.1, 0.15) is 31.7 Å². The SMILES string of the molecule is COC(=O)CO[C@@H]1COc2c(-c3c(-c4cccnc4OC(F)F)c4cccnc4n3COCC[Si](C)(C)C)c(C)nn2C1. The van der Waals surface area contributed by atoms with Gasteiger partial charge in [0.25, 0.3) is 0 Å². The molecule has 4 aromatic rings. The Balaban J connectivity index is 1.66. The summed E-state index contributed by atoms with van der Waals surface area (Å²) in [6.45, 7) is 6.63. The molecule has 0 saturated heterocycles. The molecule has 1 aliphatic rings. The van der Waals surface area contributed by atoms with Crippen molar-refractivity contribution in [2.24, 2.45) is 0 Å². The number of alkyl halides is 2. The molecular formula is C29H35F2N5O6Si. The minimum atomic E-state index is -3.07. The van der Waals surface area contributed by atoms with Crippen molar-refractivity contribution in [3.8, 4) is 34.1 Å². The maximum Gasteiger partial charge on any atom is 0.388 e. The molecular weight excluding hydrogens is 580 g/mol. The molecule has 5 rings (SSSR count). The number of pyridine rings is 2. The molecule has 0 fully saturated rings. The van der Waals surface area contributed by atoms with Crippen molar-refractivity contribution >= 4 is 25.1 Å². The van der Waals surface area contributed by atoms with E-state index in [2.05, 4.69) is 34.3 Å². The number of carbonyl (C=O) groups is 1. The van der Waals surface area contributed by atoms with Crippen LogP contribution in [0.15, 0.2) is 36.7 Å². The molecule has 1 atom stereocenters. The normalized spacial score (nSPS) is 15.0. The fourth-order valence-electron chi connectivity index (χ4n) is 4.99. The van der Waals surface area contributed by atoms with Crippen LogP contribution in [-0.4, -0.2) is 78.0 Å². The number of nitrogens with zero attached hydrogens (tertiary/aromatic N) is 5. The van der Waals surface area contributed by atoms with Crippen LogP contribution < -0.4 is 9.47 Å². The van der Waals surface area contributed by atoms with Crippen LogP contribution in [0, 0.1) is 6.92 Å². The van der Waals surface area contributed by atoms with Gasteiger partial charge in [-0.1, -0.05) is 19.6 Å². The molecule has 5 heterocycles. The van der Waals surface area contributed by atoms with E-state index in [0.29, 0.717) is 58.1 Å². The number of esters is 1. The average molecular weight is 616 g/mol. The molecule has 0 aliphatic carbocycles. The number of aromatic nitrogens is 5. The molecule has 11 nitrogen and oxygen atoms in total.